The number of rotatable bonds is 7. The molecule has 0 aromatic heterocycles. The smallest absolute Gasteiger partial charge is 0.193 e. The molecule has 0 aliphatic carbocycles. The van der Waals surface area contributed by atoms with Gasteiger partial charge < -0.3 is 4.79 Å². The standard InChI is InChI=1S/C18H18O2/c19-14-6-2-3-7-15-10-12-17(13-11-15)18(20)16-8-4-1-5-9-16/h1,4-5,8-14H,2-3,6-7H2. The average molecular weight is 266 g/mol. The quantitative estimate of drug-likeness (QED) is 0.433. The van der Waals surface area contributed by atoms with Crippen molar-refractivity contribution >= 4 is 12.1 Å². The number of unbranched alkanes of at least 4 members (excludes halogenated alkanes) is 2. The number of carbonyl (C=O) groups is 2. The van der Waals surface area contributed by atoms with Gasteiger partial charge >= 0.3 is 0 Å². The highest BCUT2D eigenvalue weighted by Gasteiger charge is 2.07. The molecule has 2 aromatic rings. The Balaban J connectivity index is 1.97. The molecule has 20 heavy (non-hydrogen) atoms. The first-order chi connectivity index (χ1) is 9.81. The molecule has 0 N–H and O–H groups in total. The van der Waals surface area contributed by atoms with E-state index < -0.39 is 0 Å². The second kappa shape index (κ2) is 7.39. The lowest BCUT2D eigenvalue weighted by Crippen LogP contribution is -2.01. The van der Waals surface area contributed by atoms with Crippen LogP contribution in [-0.4, -0.2) is 12.1 Å². The van der Waals surface area contributed by atoms with E-state index in [1.165, 1.54) is 5.56 Å². The minimum absolute atomic E-state index is 0.0538. The number of carbonyl (C=O) groups excluding carboxylic acids is 2. The van der Waals surface area contributed by atoms with Crippen molar-refractivity contribution in [3.8, 4) is 0 Å². The minimum Gasteiger partial charge on any atom is -0.303 e. The van der Waals surface area contributed by atoms with Crippen LogP contribution in [0.25, 0.3) is 0 Å². The fourth-order valence-electron chi connectivity index (χ4n) is 2.14. The molecule has 2 aromatic carbocycles. The molecule has 0 fully saturated rings. The normalized spacial score (nSPS) is 10.2. The van der Waals surface area contributed by atoms with E-state index in [9.17, 15) is 9.59 Å². The largest absolute Gasteiger partial charge is 0.303 e. The summed E-state index contributed by atoms with van der Waals surface area (Å²) in [5.41, 5.74) is 2.64. The number of hydrogen-bond acceptors (Lipinski definition) is 2. The third-order valence-electron chi connectivity index (χ3n) is 3.29. The predicted molar refractivity (Wildman–Crippen MR) is 79.9 cm³/mol. The van der Waals surface area contributed by atoms with Crippen molar-refractivity contribution in [3.63, 3.8) is 0 Å². The summed E-state index contributed by atoms with van der Waals surface area (Å²) in [6.45, 7) is 0. The Hall–Kier alpha value is -2.22. The average Bonchev–Trinajstić information content (AvgIpc) is 2.52. The summed E-state index contributed by atoms with van der Waals surface area (Å²) in [5.74, 6) is 0.0538. The molecule has 2 rings (SSSR count). The molecule has 2 heteroatoms. The van der Waals surface area contributed by atoms with Gasteiger partial charge in [0.1, 0.15) is 6.29 Å². The second-order valence-corrected chi connectivity index (χ2v) is 4.80. The Bertz CT molecular complexity index is 556. The second-order valence-electron chi connectivity index (χ2n) is 4.80. The number of benzene rings is 2. The lowest BCUT2D eigenvalue weighted by atomic mass is 10.0. The lowest BCUT2D eigenvalue weighted by Gasteiger charge is -2.04. The molecule has 0 aliphatic rings. The summed E-state index contributed by atoms with van der Waals surface area (Å²) in [5, 5.41) is 0. The van der Waals surface area contributed by atoms with E-state index in [2.05, 4.69) is 0 Å². The summed E-state index contributed by atoms with van der Waals surface area (Å²) in [7, 11) is 0. The van der Waals surface area contributed by atoms with Crippen molar-refractivity contribution < 1.29 is 9.59 Å². The molecule has 102 valence electrons. The monoisotopic (exact) mass is 266 g/mol. The Morgan fingerprint density at radius 3 is 2.15 bits per heavy atom. The first kappa shape index (κ1) is 14.2. The van der Waals surface area contributed by atoms with Crippen LogP contribution in [0.4, 0.5) is 0 Å². The van der Waals surface area contributed by atoms with Gasteiger partial charge in [-0.2, -0.15) is 0 Å². The van der Waals surface area contributed by atoms with Gasteiger partial charge in [-0.25, -0.2) is 0 Å². The van der Waals surface area contributed by atoms with Crippen LogP contribution < -0.4 is 0 Å². The highest BCUT2D eigenvalue weighted by molar-refractivity contribution is 6.08. The maximum absolute atomic E-state index is 12.2. The predicted octanol–water partition coefficient (Wildman–Crippen LogP) is 3.83. The molecule has 0 spiro atoms. The van der Waals surface area contributed by atoms with Crippen LogP contribution in [-0.2, 0) is 11.2 Å². The Labute approximate surface area is 119 Å². The molecule has 0 aliphatic heterocycles. The van der Waals surface area contributed by atoms with Crippen LogP contribution in [0.5, 0.6) is 0 Å². The van der Waals surface area contributed by atoms with E-state index >= 15 is 0 Å². The van der Waals surface area contributed by atoms with Crippen molar-refractivity contribution in [2.75, 3.05) is 0 Å². The molecule has 0 radical (unpaired) electrons. The van der Waals surface area contributed by atoms with Crippen molar-refractivity contribution in [3.05, 3.63) is 71.3 Å². The van der Waals surface area contributed by atoms with Crippen molar-refractivity contribution in [2.45, 2.75) is 25.7 Å². The molecule has 2 nitrogen and oxygen atoms in total. The highest BCUT2D eigenvalue weighted by Crippen LogP contribution is 2.12. The summed E-state index contributed by atoms with van der Waals surface area (Å²) in [4.78, 5) is 22.5. The van der Waals surface area contributed by atoms with Crippen molar-refractivity contribution in [2.24, 2.45) is 0 Å². The zero-order valence-electron chi connectivity index (χ0n) is 11.4. The van der Waals surface area contributed by atoms with Crippen LogP contribution in [0.2, 0.25) is 0 Å². The SMILES string of the molecule is O=CCCCCc1ccc(C(=O)c2ccccc2)cc1. The van der Waals surface area contributed by atoms with Crippen LogP contribution in [0.15, 0.2) is 54.6 Å². The van der Waals surface area contributed by atoms with Crippen molar-refractivity contribution in [1.82, 2.24) is 0 Å². The van der Waals surface area contributed by atoms with Gasteiger partial charge in [-0.3, -0.25) is 4.79 Å². The van der Waals surface area contributed by atoms with Crippen LogP contribution >= 0.6 is 0 Å². The summed E-state index contributed by atoms with van der Waals surface area (Å²) in [6, 6.07) is 17.1. The van der Waals surface area contributed by atoms with E-state index in [0.29, 0.717) is 17.5 Å². The molecule has 0 heterocycles. The van der Waals surface area contributed by atoms with Gasteiger partial charge in [-0.05, 0) is 24.8 Å². The molecular weight excluding hydrogens is 248 g/mol. The van der Waals surface area contributed by atoms with Crippen LogP contribution in [0.1, 0.15) is 40.7 Å². The van der Waals surface area contributed by atoms with E-state index in [0.717, 1.165) is 25.5 Å². The van der Waals surface area contributed by atoms with Gasteiger partial charge in [0.05, 0.1) is 0 Å². The molecule has 0 bridgehead atoms. The first-order valence-corrected chi connectivity index (χ1v) is 6.93. The Morgan fingerprint density at radius 1 is 0.850 bits per heavy atom. The highest BCUT2D eigenvalue weighted by atomic mass is 16.1. The molecule has 0 unspecified atom stereocenters. The fourth-order valence-corrected chi connectivity index (χ4v) is 2.14. The van der Waals surface area contributed by atoms with Gasteiger partial charge in [0.2, 0.25) is 0 Å². The zero-order chi connectivity index (χ0) is 14.2. The third-order valence-corrected chi connectivity index (χ3v) is 3.29. The Morgan fingerprint density at radius 2 is 1.50 bits per heavy atom. The van der Waals surface area contributed by atoms with E-state index in [1.807, 2.05) is 54.6 Å². The van der Waals surface area contributed by atoms with E-state index in [4.69, 9.17) is 0 Å². The summed E-state index contributed by atoms with van der Waals surface area (Å²) in [6.07, 6.45) is 4.47. The topological polar surface area (TPSA) is 34.1 Å². The van der Waals surface area contributed by atoms with Crippen molar-refractivity contribution in [1.29, 1.82) is 0 Å². The third kappa shape index (κ3) is 3.89. The van der Waals surface area contributed by atoms with Gasteiger partial charge in [0, 0.05) is 17.5 Å². The number of aryl methyl sites for hydroxylation is 1. The zero-order valence-corrected chi connectivity index (χ0v) is 11.4. The van der Waals surface area contributed by atoms with Gasteiger partial charge in [0.15, 0.2) is 5.78 Å². The number of hydrogen-bond donors (Lipinski definition) is 0. The molecule has 0 amide bonds. The Kier molecular flexibility index (Phi) is 5.24. The number of aldehydes is 1. The van der Waals surface area contributed by atoms with E-state index in [1.54, 1.807) is 0 Å². The minimum atomic E-state index is 0.0538. The summed E-state index contributed by atoms with van der Waals surface area (Å²) < 4.78 is 0. The van der Waals surface area contributed by atoms with Gasteiger partial charge in [-0.1, -0.05) is 54.6 Å². The van der Waals surface area contributed by atoms with Crippen LogP contribution in [0.3, 0.4) is 0 Å². The molecular formula is C18H18O2. The molecule has 0 atom stereocenters. The summed E-state index contributed by atoms with van der Waals surface area (Å²) >= 11 is 0. The molecule has 0 saturated heterocycles. The fraction of sp³-hybridized carbons (Fsp3) is 0.222. The maximum atomic E-state index is 12.2. The number of ketones is 1. The van der Waals surface area contributed by atoms with Gasteiger partial charge in [0.25, 0.3) is 0 Å². The maximum Gasteiger partial charge on any atom is 0.193 e. The first-order valence-electron chi connectivity index (χ1n) is 6.93. The van der Waals surface area contributed by atoms with E-state index in [-0.39, 0.29) is 5.78 Å². The van der Waals surface area contributed by atoms with Crippen LogP contribution in [0, 0.1) is 0 Å². The molecule has 0 saturated carbocycles. The lowest BCUT2D eigenvalue weighted by molar-refractivity contribution is -0.107. The van der Waals surface area contributed by atoms with Gasteiger partial charge in [-0.15, -0.1) is 0 Å².